The maximum atomic E-state index is 13.0. The number of anilines is 2. The highest BCUT2D eigenvalue weighted by Gasteiger charge is 2.52. The summed E-state index contributed by atoms with van der Waals surface area (Å²) in [7, 11) is 1.63. The Morgan fingerprint density at radius 1 is 1.22 bits per heavy atom. The number of fused-ring (bicyclic) bond motifs is 1. The second-order valence-electron chi connectivity index (χ2n) is 11.3. The quantitative estimate of drug-likeness (QED) is 0.520. The number of amides is 1. The van der Waals surface area contributed by atoms with Crippen molar-refractivity contribution in [2.75, 3.05) is 51.0 Å². The predicted octanol–water partition coefficient (Wildman–Crippen LogP) is 2.54. The molecule has 36 heavy (non-hydrogen) atoms. The second-order valence-corrected chi connectivity index (χ2v) is 11.3. The van der Waals surface area contributed by atoms with Crippen molar-refractivity contribution < 1.29 is 14.3 Å². The highest BCUT2D eigenvalue weighted by Crippen LogP contribution is 2.63. The molecule has 4 heterocycles. The zero-order valence-corrected chi connectivity index (χ0v) is 20.5. The first-order valence-corrected chi connectivity index (χ1v) is 12.7. The van der Waals surface area contributed by atoms with Crippen LogP contribution in [0.2, 0.25) is 0 Å². The van der Waals surface area contributed by atoms with Gasteiger partial charge in [0.1, 0.15) is 16.8 Å². The van der Waals surface area contributed by atoms with E-state index in [1.54, 1.807) is 13.3 Å². The average molecular weight is 490 g/mol. The van der Waals surface area contributed by atoms with E-state index in [1.807, 2.05) is 27.8 Å². The number of carbonyl (C=O) groups is 1. The fourth-order valence-electron chi connectivity index (χ4n) is 6.23. The van der Waals surface area contributed by atoms with E-state index in [9.17, 15) is 4.79 Å². The summed E-state index contributed by atoms with van der Waals surface area (Å²) in [6.07, 6.45) is 7.10. The van der Waals surface area contributed by atoms with Gasteiger partial charge in [0.2, 0.25) is 5.95 Å². The topological polar surface area (TPSA) is 120 Å². The van der Waals surface area contributed by atoms with Gasteiger partial charge in [-0.1, -0.05) is 6.07 Å². The molecule has 1 aromatic carbocycles. The number of methoxy groups -OCH3 is 1. The number of benzene rings is 1. The van der Waals surface area contributed by atoms with Gasteiger partial charge in [0.05, 0.1) is 38.5 Å². The Hall–Kier alpha value is -3.40. The molecule has 2 spiro atoms. The lowest BCUT2D eigenvalue weighted by molar-refractivity contribution is -0.176. The fourth-order valence-corrected chi connectivity index (χ4v) is 6.23. The third-order valence-electron chi connectivity index (χ3n) is 8.47. The van der Waals surface area contributed by atoms with Crippen molar-refractivity contribution in [2.24, 2.45) is 16.7 Å². The minimum atomic E-state index is 0.0289. The summed E-state index contributed by atoms with van der Waals surface area (Å²) in [6, 6.07) is 5.63. The second kappa shape index (κ2) is 7.80. The van der Waals surface area contributed by atoms with Crippen LogP contribution in [-0.2, 0) is 11.3 Å². The monoisotopic (exact) mass is 489 g/mol. The Labute approximate surface area is 209 Å². The molecule has 0 radical (unpaired) electrons. The molecular weight excluding hydrogens is 458 g/mol. The zero-order valence-electron chi connectivity index (χ0n) is 20.5. The molecule has 2 saturated heterocycles. The number of rotatable bonds is 7. The molecule has 2 aliphatic heterocycles. The summed E-state index contributed by atoms with van der Waals surface area (Å²) in [5.41, 5.74) is 9.92. The summed E-state index contributed by atoms with van der Waals surface area (Å²) >= 11 is 0. The van der Waals surface area contributed by atoms with Crippen LogP contribution in [0.25, 0.3) is 11.0 Å². The minimum absolute atomic E-state index is 0.0289. The molecule has 2 saturated carbocycles. The molecule has 3 aromatic rings. The van der Waals surface area contributed by atoms with E-state index in [0.29, 0.717) is 40.5 Å². The van der Waals surface area contributed by atoms with Crippen molar-refractivity contribution in [1.82, 2.24) is 24.6 Å². The van der Waals surface area contributed by atoms with Crippen molar-refractivity contribution >= 4 is 28.7 Å². The van der Waals surface area contributed by atoms with Crippen molar-refractivity contribution in [3.63, 3.8) is 0 Å². The van der Waals surface area contributed by atoms with Gasteiger partial charge in [-0.15, -0.1) is 0 Å². The summed E-state index contributed by atoms with van der Waals surface area (Å²) < 4.78 is 12.9. The Balaban J connectivity index is 1.10. The number of hydrogen-bond donors (Lipinski definition) is 2. The normalized spacial score (nSPS) is 21.2. The standard InChI is InChI=1S/C26H31N7O3/c1-35-20-6-17(23(34)32-12-26(13-32)14-36-15-26)2-3-18(20)11-33-21-19(10-29-33)30-24(27)31-22(21)28-9-16-7-25(8-16)4-5-25/h2-3,6,10,16H,4-5,7-9,11-15H2,1H3,(H3,27,28,30,31). The number of ether oxygens (including phenoxy) is 2. The van der Waals surface area contributed by atoms with Gasteiger partial charge >= 0.3 is 0 Å². The van der Waals surface area contributed by atoms with Crippen LogP contribution in [0, 0.1) is 16.7 Å². The molecular formula is C26H31N7O3. The molecule has 3 N–H and O–H groups in total. The minimum Gasteiger partial charge on any atom is -0.496 e. The number of carbonyl (C=O) groups excluding carboxylic acids is 1. The first-order valence-electron chi connectivity index (χ1n) is 12.7. The van der Waals surface area contributed by atoms with Crippen LogP contribution in [-0.4, -0.2) is 70.5 Å². The molecule has 0 unspecified atom stereocenters. The fraction of sp³-hybridized carbons (Fsp3) is 0.538. The summed E-state index contributed by atoms with van der Waals surface area (Å²) in [6.45, 7) is 4.36. The van der Waals surface area contributed by atoms with Crippen LogP contribution in [0.15, 0.2) is 24.4 Å². The van der Waals surface area contributed by atoms with Crippen LogP contribution in [0.1, 0.15) is 41.6 Å². The molecule has 7 rings (SSSR count). The molecule has 10 nitrogen and oxygen atoms in total. The Bertz CT molecular complexity index is 1350. The molecule has 4 aliphatic rings. The summed E-state index contributed by atoms with van der Waals surface area (Å²) in [5, 5.41) is 8.10. The predicted molar refractivity (Wildman–Crippen MR) is 134 cm³/mol. The number of hydrogen-bond acceptors (Lipinski definition) is 8. The summed E-state index contributed by atoms with van der Waals surface area (Å²) in [5.74, 6) is 2.31. The van der Waals surface area contributed by atoms with Crippen LogP contribution in [0.5, 0.6) is 5.75 Å². The van der Waals surface area contributed by atoms with Gasteiger partial charge in [0, 0.05) is 30.8 Å². The van der Waals surface area contributed by atoms with Crippen LogP contribution < -0.4 is 15.8 Å². The van der Waals surface area contributed by atoms with Gasteiger partial charge in [-0.05, 0) is 49.1 Å². The molecule has 2 aliphatic carbocycles. The van der Waals surface area contributed by atoms with E-state index in [-0.39, 0.29) is 17.3 Å². The van der Waals surface area contributed by atoms with E-state index in [1.165, 1.54) is 25.7 Å². The Kier molecular flexibility index (Phi) is 4.73. The molecule has 188 valence electrons. The largest absolute Gasteiger partial charge is 0.496 e. The number of nitrogens with zero attached hydrogens (tertiary/aromatic N) is 5. The molecule has 10 heteroatoms. The van der Waals surface area contributed by atoms with E-state index in [2.05, 4.69) is 20.4 Å². The van der Waals surface area contributed by atoms with Crippen LogP contribution in [0.4, 0.5) is 11.8 Å². The van der Waals surface area contributed by atoms with E-state index >= 15 is 0 Å². The average Bonchev–Trinajstić information content (AvgIpc) is 3.50. The molecule has 0 bridgehead atoms. The summed E-state index contributed by atoms with van der Waals surface area (Å²) in [4.78, 5) is 23.7. The van der Waals surface area contributed by atoms with E-state index in [0.717, 1.165) is 43.9 Å². The van der Waals surface area contributed by atoms with Crippen molar-refractivity contribution in [2.45, 2.75) is 32.2 Å². The maximum absolute atomic E-state index is 13.0. The third-order valence-corrected chi connectivity index (χ3v) is 8.47. The number of nitrogen functional groups attached to an aromatic ring is 1. The highest BCUT2D eigenvalue weighted by molar-refractivity contribution is 5.95. The van der Waals surface area contributed by atoms with Gasteiger partial charge < -0.3 is 25.4 Å². The van der Waals surface area contributed by atoms with Crippen molar-refractivity contribution in [3.8, 4) is 5.75 Å². The van der Waals surface area contributed by atoms with Gasteiger partial charge in [0.15, 0.2) is 5.82 Å². The highest BCUT2D eigenvalue weighted by atomic mass is 16.5. The van der Waals surface area contributed by atoms with Gasteiger partial charge in [0.25, 0.3) is 5.91 Å². The van der Waals surface area contributed by atoms with Crippen molar-refractivity contribution in [1.29, 1.82) is 0 Å². The molecule has 1 amide bonds. The molecule has 0 atom stereocenters. The first-order chi connectivity index (χ1) is 17.4. The maximum Gasteiger partial charge on any atom is 0.254 e. The van der Waals surface area contributed by atoms with Gasteiger partial charge in [-0.2, -0.15) is 10.1 Å². The zero-order chi connectivity index (χ0) is 24.5. The van der Waals surface area contributed by atoms with Gasteiger partial charge in [-0.3, -0.25) is 9.48 Å². The van der Waals surface area contributed by atoms with Crippen LogP contribution >= 0.6 is 0 Å². The first kappa shape index (κ1) is 21.8. The smallest absolute Gasteiger partial charge is 0.254 e. The molecule has 4 fully saturated rings. The van der Waals surface area contributed by atoms with Gasteiger partial charge in [-0.25, -0.2) is 4.98 Å². The third kappa shape index (κ3) is 3.57. The molecule has 2 aromatic heterocycles. The number of nitrogens with two attached hydrogens (primary N) is 1. The van der Waals surface area contributed by atoms with Crippen LogP contribution in [0.3, 0.4) is 0 Å². The Morgan fingerprint density at radius 2 is 2.03 bits per heavy atom. The van der Waals surface area contributed by atoms with E-state index in [4.69, 9.17) is 15.2 Å². The lowest BCUT2D eigenvalue weighted by Gasteiger charge is -2.54. The number of likely N-dealkylation sites (tertiary alicyclic amines) is 1. The SMILES string of the molecule is COc1cc(C(=O)N2CC3(COC3)C2)ccc1Cn1ncc2nc(N)nc(NCC3CC4(CC4)C3)c21. The number of aromatic nitrogens is 4. The lowest BCUT2D eigenvalue weighted by Crippen LogP contribution is -2.67. The Morgan fingerprint density at radius 3 is 2.72 bits per heavy atom. The lowest BCUT2D eigenvalue weighted by atomic mass is 9.72. The van der Waals surface area contributed by atoms with Crippen molar-refractivity contribution in [3.05, 3.63) is 35.5 Å². The number of nitrogens with one attached hydrogen (secondary N) is 1. The van der Waals surface area contributed by atoms with E-state index < -0.39 is 0 Å².